The number of benzene rings is 2. The molecule has 2 atom stereocenters. The molecule has 1 N–H and O–H groups in total. The van der Waals surface area contributed by atoms with Crippen LogP contribution in [0.3, 0.4) is 0 Å². The number of piperidine rings is 1. The summed E-state index contributed by atoms with van der Waals surface area (Å²) in [5, 5.41) is 13.4. The molecule has 25 heavy (non-hydrogen) atoms. The van der Waals surface area contributed by atoms with Gasteiger partial charge in [-0.1, -0.05) is 42.5 Å². The molecule has 0 saturated carbocycles. The van der Waals surface area contributed by atoms with Crippen LogP contribution in [0.15, 0.2) is 54.9 Å². The zero-order chi connectivity index (χ0) is 17.2. The van der Waals surface area contributed by atoms with Crippen LogP contribution < -0.4 is 0 Å². The Labute approximate surface area is 148 Å². The SMILES string of the molecule is Cn1ccnc1C(O)C1CCCN(Cc2cccc3ccccc23)C1. The lowest BCUT2D eigenvalue weighted by Crippen LogP contribution is -2.37. The third-order valence-corrected chi connectivity index (χ3v) is 5.39. The summed E-state index contributed by atoms with van der Waals surface area (Å²) < 4.78 is 1.92. The number of nitrogens with zero attached hydrogens (tertiary/aromatic N) is 3. The first-order valence-corrected chi connectivity index (χ1v) is 9.06. The summed E-state index contributed by atoms with van der Waals surface area (Å²) in [5.74, 6) is 1.02. The van der Waals surface area contributed by atoms with E-state index in [1.807, 2.05) is 17.8 Å². The zero-order valence-corrected chi connectivity index (χ0v) is 14.7. The summed E-state index contributed by atoms with van der Waals surface area (Å²) in [7, 11) is 1.95. The van der Waals surface area contributed by atoms with Crippen molar-refractivity contribution in [3.05, 3.63) is 66.2 Å². The number of aliphatic hydroxyl groups excluding tert-OH is 1. The smallest absolute Gasteiger partial charge is 0.137 e. The molecule has 130 valence electrons. The van der Waals surface area contributed by atoms with Gasteiger partial charge < -0.3 is 9.67 Å². The molecule has 4 rings (SSSR count). The molecular formula is C21H25N3O. The third kappa shape index (κ3) is 3.32. The minimum atomic E-state index is -0.490. The fourth-order valence-corrected chi connectivity index (χ4v) is 4.04. The van der Waals surface area contributed by atoms with Crippen molar-refractivity contribution in [2.24, 2.45) is 13.0 Å². The Kier molecular flexibility index (Phi) is 4.55. The van der Waals surface area contributed by atoms with Crippen LogP contribution in [0.5, 0.6) is 0 Å². The molecule has 1 fully saturated rings. The van der Waals surface area contributed by atoms with Crippen LogP contribution >= 0.6 is 0 Å². The second-order valence-corrected chi connectivity index (χ2v) is 7.12. The van der Waals surface area contributed by atoms with E-state index in [-0.39, 0.29) is 5.92 Å². The van der Waals surface area contributed by atoms with Crippen LogP contribution in [0.25, 0.3) is 10.8 Å². The third-order valence-electron chi connectivity index (χ3n) is 5.39. The molecule has 1 saturated heterocycles. The average Bonchev–Trinajstić information content (AvgIpc) is 3.08. The molecule has 2 heterocycles. The lowest BCUT2D eigenvalue weighted by Gasteiger charge is -2.35. The highest BCUT2D eigenvalue weighted by Crippen LogP contribution is 2.30. The van der Waals surface area contributed by atoms with E-state index < -0.39 is 6.10 Å². The van der Waals surface area contributed by atoms with Crippen LogP contribution in [0, 0.1) is 5.92 Å². The Morgan fingerprint density at radius 1 is 1.20 bits per heavy atom. The molecular weight excluding hydrogens is 310 g/mol. The van der Waals surface area contributed by atoms with E-state index in [0.717, 1.165) is 38.3 Å². The van der Waals surface area contributed by atoms with Crippen molar-refractivity contribution in [2.75, 3.05) is 13.1 Å². The van der Waals surface area contributed by atoms with Gasteiger partial charge in [0.15, 0.2) is 0 Å². The Hall–Kier alpha value is -2.17. The summed E-state index contributed by atoms with van der Waals surface area (Å²) in [5.41, 5.74) is 1.37. The number of rotatable bonds is 4. The van der Waals surface area contributed by atoms with Gasteiger partial charge in [0.1, 0.15) is 11.9 Å². The number of aliphatic hydroxyl groups is 1. The van der Waals surface area contributed by atoms with Gasteiger partial charge >= 0.3 is 0 Å². The Morgan fingerprint density at radius 3 is 2.88 bits per heavy atom. The predicted molar refractivity (Wildman–Crippen MR) is 100 cm³/mol. The van der Waals surface area contributed by atoms with Gasteiger partial charge in [0.2, 0.25) is 0 Å². The summed E-state index contributed by atoms with van der Waals surface area (Å²) in [4.78, 5) is 6.81. The van der Waals surface area contributed by atoms with Crippen molar-refractivity contribution in [1.29, 1.82) is 0 Å². The van der Waals surface area contributed by atoms with Crippen LogP contribution in [-0.4, -0.2) is 32.6 Å². The highest BCUT2D eigenvalue weighted by Gasteiger charge is 2.29. The Bertz CT molecular complexity index is 852. The number of hydrogen-bond donors (Lipinski definition) is 1. The molecule has 2 unspecified atom stereocenters. The fraction of sp³-hybridized carbons (Fsp3) is 0.381. The maximum Gasteiger partial charge on any atom is 0.137 e. The second-order valence-electron chi connectivity index (χ2n) is 7.12. The fourth-order valence-electron chi connectivity index (χ4n) is 4.04. The normalized spacial score (nSPS) is 20.0. The van der Waals surface area contributed by atoms with Crippen molar-refractivity contribution >= 4 is 10.8 Å². The first-order valence-electron chi connectivity index (χ1n) is 9.06. The molecule has 1 aliphatic rings. The van der Waals surface area contributed by atoms with Gasteiger partial charge in [-0.3, -0.25) is 4.90 Å². The van der Waals surface area contributed by atoms with Crippen LogP contribution in [0.1, 0.15) is 30.3 Å². The molecule has 0 amide bonds. The molecule has 1 aromatic heterocycles. The number of aromatic nitrogens is 2. The van der Waals surface area contributed by atoms with Crippen molar-refractivity contribution in [2.45, 2.75) is 25.5 Å². The van der Waals surface area contributed by atoms with Crippen molar-refractivity contribution in [3.63, 3.8) is 0 Å². The first-order chi connectivity index (χ1) is 12.2. The summed E-state index contributed by atoms with van der Waals surface area (Å²) in [6, 6.07) is 15.1. The lowest BCUT2D eigenvalue weighted by molar-refractivity contribution is 0.0406. The van der Waals surface area contributed by atoms with Gasteiger partial charge in [-0.2, -0.15) is 0 Å². The second kappa shape index (κ2) is 6.98. The highest BCUT2D eigenvalue weighted by atomic mass is 16.3. The Balaban J connectivity index is 1.51. The van der Waals surface area contributed by atoms with Gasteiger partial charge in [-0.05, 0) is 35.7 Å². The molecule has 3 aromatic rings. The molecule has 0 spiro atoms. The zero-order valence-electron chi connectivity index (χ0n) is 14.7. The van der Waals surface area contributed by atoms with E-state index in [4.69, 9.17) is 0 Å². The molecule has 4 nitrogen and oxygen atoms in total. The number of imidazole rings is 1. The van der Waals surface area contributed by atoms with E-state index in [0.29, 0.717) is 0 Å². The van der Waals surface area contributed by atoms with E-state index in [1.54, 1.807) is 6.20 Å². The van der Waals surface area contributed by atoms with Gasteiger partial charge in [-0.15, -0.1) is 0 Å². The maximum absolute atomic E-state index is 10.8. The van der Waals surface area contributed by atoms with Crippen LogP contribution in [0.4, 0.5) is 0 Å². The minimum Gasteiger partial charge on any atom is -0.385 e. The molecule has 0 radical (unpaired) electrons. The number of hydrogen-bond acceptors (Lipinski definition) is 3. The van der Waals surface area contributed by atoms with Crippen LogP contribution in [0.2, 0.25) is 0 Å². The largest absolute Gasteiger partial charge is 0.385 e. The van der Waals surface area contributed by atoms with E-state index in [1.165, 1.54) is 16.3 Å². The number of aryl methyl sites for hydroxylation is 1. The lowest BCUT2D eigenvalue weighted by atomic mass is 9.91. The van der Waals surface area contributed by atoms with Crippen molar-refractivity contribution in [3.8, 4) is 0 Å². The average molecular weight is 335 g/mol. The van der Waals surface area contributed by atoms with Gasteiger partial charge in [-0.25, -0.2) is 4.98 Å². The van der Waals surface area contributed by atoms with E-state index >= 15 is 0 Å². The highest BCUT2D eigenvalue weighted by molar-refractivity contribution is 5.85. The van der Waals surface area contributed by atoms with Crippen LogP contribution in [-0.2, 0) is 13.6 Å². The predicted octanol–water partition coefficient (Wildman–Crippen LogP) is 3.52. The van der Waals surface area contributed by atoms with Gasteiger partial charge in [0, 0.05) is 38.4 Å². The maximum atomic E-state index is 10.8. The topological polar surface area (TPSA) is 41.3 Å². The van der Waals surface area contributed by atoms with Gasteiger partial charge in [0.25, 0.3) is 0 Å². The molecule has 0 aliphatic carbocycles. The number of likely N-dealkylation sites (tertiary alicyclic amines) is 1. The first kappa shape index (κ1) is 16.3. The number of fused-ring (bicyclic) bond motifs is 1. The van der Waals surface area contributed by atoms with Gasteiger partial charge in [0.05, 0.1) is 0 Å². The van der Waals surface area contributed by atoms with Crippen molar-refractivity contribution in [1.82, 2.24) is 14.5 Å². The monoisotopic (exact) mass is 335 g/mol. The van der Waals surface area contributed by atoms with E-state index in [2.05, 4.69) is 52.3 Å². The molecule has 2 aromatic carbocycles. The van der Waals surface area contributed by atoms with E-state index in [9.17, 15) is 5.11 Å². The molecule has 4 heteroatoms. The quantitative estimate of drug-likeness (QED) is 0.793. The summed E-state index contributed by atoms with van der Waals surface area (Å²) in [6.45, 7) is 2.94. The standard InChI is InChI=1S/C21H25N3O/c1-23-13-11-22-21(23)20(25)18-9-5-12-24(15-18)14-17-8-4-7-16-6-2-3-10-19(16)17/h2-4,6-8,10-11,13,18,20,25H,5,9,12,14-15H2,1H3. The minimum absolute atomic E-state index is 0.241. The Morgan fingerprint density at radius 2 is 2.04 bits per heavy atom. The molecule has 0 bridgehead atoms. The molecule has 1 aliphatic heterocycles. The summed E-state index contributed by atoms with van der Waals surface area (Å²) >= 11 is 0. The van der Waals surface area contributed by atoms with Crippen molar-refractivity contribution < 1.29 is 5.11 Å². The summed E-state index contributed by atoms with van der Waals surface area (Å²) in [6.07, 6.45) is 5.34.